The van der Waals surface area contributed by atoms with Crippen LogP contribution in [0.2, 0.25) is 5.02 Å². The molecule has 0 saturated carbocycles. The minimum atomic E-state index is -1.20. The number of piperazine rings is 1. The maximum atomic E-state index is 13.2. The van der Waals surface area contributed by atoms with E-state index in [-0.39, 0.29) is 37.5 Å². The Labute approximate surface area is 246 Å². The highest BCUT2D eigenvalue weighted by Gasteiger charge is 2.27. The second-order valence-corrected chi connectivity index (χ2v) is 11.2. The number of carboxylic acid groups (broad SMARTS) is 1. The zero-order chi connectivity index (χ0) is 29.2. The van der Waals surface area contributed by atoms with Crippen molar-refractivity contribution in [1.82, 2.24) is 9.80 Å². The van der Waals surface area contributed by atoms with Gasteiger partial charge in [-0.1, -0.05) is 23.7 Å². The van der Waals surface area contributed by atoms with Crippen LogP contribution in [0.25, 0.3) is 0 Å². The third kappa shape index (κ3) is 9.49. The van der Waals surface area contributed by atoms with Crippen molar-refractivity contribution in [3.63, 3.8) is 0 Å². The molecule has 0 radical (unpaired) electrons. The molecule has 3 N–H and O–H groups in total. The first-order chi connectivity index (χ1) is 19.0. The number of hydrogen-bond donors (Lipinski definition) is 3. The molecule has 1 fully saturated rings. The van der Waals surface area contributed by atoms with E-state index in [0.717, 1.165) is 31.1 Å². The Balaban J connectivity index is 1.59. The number of carbonyl (C=O) groups excluding carboxylic acids is 2. The second-order valence-electron chi connectivity index (χ2n) is 10.2. The average molecular weight is 591 g/mol. The number of nitrogens with zero attached hydrogens (tertiary/aromatic N) is 3. The number of benzene rings is 2. The molecular weight excluding hydrogens is 552 g/mol. The maximum absolute atomic E-state index is 13.2. The quantitative estimate of drug-likeness (QED) is 0.307. The first-order valence-electron chi connectivity index (χ1n) is 13.5. The smallest absolute Gasteiger partial charge is 0.320 e. The molecule has 2 atom stereocenters. The van der Waals surface area contributed by atoms with Gasteiger partial charge in [0.25, 0.3) is 5.91 Å². The number of aliphatic carboxylic acids is 1. The van der Waals surface area contributed by atoms with Gasteiger partial charge < -0.3 is 25.4 Å². The van der Waals surface area contributed by atoms with Gasteiger partial charge in [-0.25, -0.2) is 0 Å². The van der Waals surface area contributed by atoms with E-state index >= 15 is 0 Å². The van der Waals surface area contributed by atoms with Crippen molar-refractivity contribution < 1.29 is 24.2 Å². The molecule has 0 aliphatic carbocycles. The summed E-state index contributed by atoms with van der Waals surface area (Å²) in [5.74, 6) is -1.61. The largest absolute Gasteiger partial charge is 0.480 e. The molecule has 0 bridgehead atoms. The summed E-state index contributed by atoms with van der Waals surface area (Å²) in [6.07, 6.45) is 0.808. The Morgan fingerprint density at radius 1 is 1.05 bits per heavy atom. The SMILES string of the molecule is CC(C)OCCN(C(=O)[C@H](S)CC(N)C(=O)O)c1ccc(C(=O)N2CCN(CCc3ccc(Cl)cc3)CC2)cc1. The van der Waals surface area contributed by atoms with Crippen LogP contribution in [0.4, 0.5) is 5.69 Å². The highest BCUT2D eigenvalue weighted by Crippen LogP contribution is 2.21. The third-order valence-corrected chi connectivity index (χ3v) is 7.51. The Hall–Kier alpha value is -2.63. The lowest BCUT2D eigenvalue weighted by atomic mass is 10.1. The number of ether oxygens (including phenoxy) is 1. The van der Waals surface area contributed by atoms with Gasteiger partial charge in [-0.15, -0.1) is 0 Å². The molecule has 1 heterocycles. The molecule has 0 aromatic heterocycles. The molecule has 1 unspecified atom stereocenters. The molecule has 9 nitrogen and oxygen atoms in total. The molecule has 11 heteroatoms. The fourth-order valence-corrected chi connectivity index (χ4v) is 4.94. The van der Waals surface area contributed by atoms with E-state index in [4.69, 9.17) is 27.2 Å². The van der Waals surface area contributed by atoms with Gasteiger partial charge in [0.05, 0.1) is 18.0 Å². The van der Waals surface area contributed by atoms with Crippen LogP contribution < -0.4 is 10.6 Å². The van der Waals surface area contributed by atoms with Crippen molar-refractivity contribution in [3.05, 3.63) is 64.7 Å². The van der Waals surface area contributed by atoms with Crippen LogP contribution in [0, 0.1) is 0 Å². The topological polar surface area (TPSA) is 116 Å². The van der Waals surface area contributed by atoms with Gasteiger partial charge in [-0.3, -0.25) is 19.3 Å². The van der Waals surface area contributed by atoms with E-state index in [1.165, 1.54) is 10.5 Å². The fourth-order valence-electron chi connectivity index (χ4n) is 4.45. The lowest BCUT2D eigenvalue weighted by Crippen LogP contribution is -2.49. The lowest BCUT2D eigenvalue weighted by Gasteiger charge is -2.35. The number of halogens is 1. The van der Waals surface area contributed by atoms with Crippen molar-refractivity contribution in [1.29, 1.82) is 0 Å². The van der Waals surface area contributed by atoms with Crippen LogP contribution in [-0.2, 0) is 20.7 Å². The zero-order valence-corrected chi connectivity index (χ0v) is 24.7. The first kappa shape index (κ1) is 31.9. The van der Waals surface area contributed by atoms with Crippen molar-refractivity contribution in [2.75, 3.05) is 50.8 Å². The summed E-state index contributed by atoms with van der Waals surface area (Å²) in [7, 11) is 0. The van der Waals surface area contributed by atoms with Crippen molar-refractivity contribution in [2.24, 2.45) is 5.73 Å². The van der Waals surface area contributed by atoms with Crippen LogP contribution in [-0.4, -0.2) is 96.0 Å². The molecule has 3 rings (SSSR count). The maximum Gasteiger partial charge on any atom is 0.320 e. The Morgan fingerprint density at radius 2 is 1.68 bits per heavy atom. The number of carboxylic acids is 1. The van der Waals surface area contributed by atoms with Crippen LogP contribution >= 0.6 is 24.2 Å². The Kier molecular flexibility index (Phi) is 12.3. The molecule has 1 saturated heterocycles. The highest BCUT2D eigenvalue weighted by atomic mass is 35.5. The first-order valence-corrected chi connectivity index (χ1v) is 14.4. The molecule has 1 aliphatic heterocycles. The van der Waals surface area contributed by atoms with Crippen LogP contribution in [0.15, 0.2) is 48.5 Å². The predicted octanol–water partition coefficient (Wildman–Crippen LogP) is 3.20. The number of anilines is 1. The van der Waals surface area contributed by atoms with Crippen LogP contribution in [0.5, 0.6) is 0 Å². The Morgan fingerprint density at radius 3 is 2.25 bits per heavy atom. The van der Waals surface area contributed by atoms with Gasteiger partial charge in [0.2, 0.25) is 5.91 Å². The molecule has 0 spiro atoms. The normalized spacial score (nSPS) is 15.6. The molecule has 1 aliphatic rings. The van der Waals surface area contributed by atoms with E-state index in [2.05, 4.69) is 17.5 Å². The van der Waals surface area contributed by atoms with Crippen molar-refractivity contribution >= 4 is 47.7 Å². The van der Waals surface area contributed by atoms with E-state index < -0.39 is 17.3 Å². The van der Waals surface area contributed by atoms with Gasteiger partial charge in [-0.05, 0) is 68.7 Å². The summed E-state index contributed by atoms with van der Waals surface area (Å²) >= 11 is 10.3. The summed E-state index contributed by atoms with van der Waals surface area (Å²) < 4.78 is 5.63. The van der Waals surface area contributed by atoms with Crippen molar-refractivity contribution in [3.8, 4) is 0 Å². The molecule has 2 amide bonds. The molecule has 218 valence electrons. The summed E-state index contributed by atoms with van der Waals surface area (Å²) in [6.45, 7) is 8.16. The number of rotatable bonds is 13. The van der Waals surface area contributed by atoms with E-state index in [1.54, 1.807) is 24.3 Å². The fraction of sp³-hybridized carbons (Fsp3) is 0.483. The number of carbonyl (C=O) groups is 3. The third-order valence-electron chi connectivity index (χ3n) is 6.83. The van der Waals surface area contributed by atoms with Gasteiger partial charge in [0.15, 0.2) is 0 Å². The van der Waals surface area contributed by atoms with E-state index in [9.17, 15) is 14.4 Å². The summed E-state index contributed by atoms with van der Waals surface area (Å²) in [5.41, 5.74) is 7.97. The average Bonchev–Trinajstić information content (AvgIpc) is 2.94. The van der Waals surface area contributed by atoms with Gasteiger partial charge in [0.1, 0.15) is 6.04 Å². The van der Waals surface area contributed by atoms with Crippen LogP contribution in [0.1, 0.15) is 36.2 Å². The van der Waals surface area contributed by atoms with E-state index in [0.29, 0.717) is 24.3 Å². The predicted molar refractivity (Wildman–Crippen MR) is 160 cm³/mol. The number of amides is 2. The minimum Gasteiger partial charge on any atom is -0.480 e. The molecular formula is C29H39ClN4O5S. The van der Waals surface area contributed by atoms with Crippen molar-refractivity contribution in [2.45, 2.75) is 44.1 Å². The lowest BCUT2D eigenvalue weighted by molar-refractivity contribution is -0.138. The zero-order valence-electron chi connectivity index (χ0n) is 23.0. The van der Waals surface area contributed by atoms with Gasteiger partial charge >= 0.3 is 5.97 Å². The second kappa shape index (κ2) is 15.4. The molecule has 40 heavy (non-hydrogen) atoms. The molecule has 2 aromatic carbocycles. The van der Waals surface area contributed by atoms with Crippen LogP contribution in [0.3, 0.4) is 0 Å². The summed E-state index contributed by atoms with van der Waals surface area (Å²) in [6, 6.07) is 13.6. The highest BCUT2D eigenvalue weighted by molar-refractivity contribution is 7.81. The summed E-state index contributed by atoms with van der Waals surface area (Å²) in [5, 5.41) is 8.94. The standard InChI is InChI=1S/C29H39ClN4O5S/c1-20(2)39-18-17-34(28(36)26(40)19-25(31)29(37)38)24-9-5-22(6-10-24)27(35)33-15-13-32(14-16-33)12-11-21-3-7-23(30)8-4-21/h3-10,20,25-26,40H,11-19,31H2,1-2H3,(H,37,38)/t25?,26-/m1/s1. The van der Waals surface area contributed by atoms with Gasteiger partial charge in [-0.2, -0.15) is 12.6 Å². The summed E-state index contributed by atoms with van der Waals surface area (Å²) in [4.78, 5) is 43.2. The molecule has 2 aromatic rings. The Bertz CT molecular complexity index is 1120. The minimum absolute atomic E-state index is 0.0120. The number of nitrogens with two attached hydrogens (primary N) is 1. The number of hydrogen-bond acceptors (Lipinski definition) is 7. The van der Waals surface area contributed by atoms with Gasteiger partial charge in [0, 0.05) is 55.5 Å². The van der Waals surface area contributed by atoms with E-state index in [1.807, 2.05) is 43.0 Å². The monoisotopic (exact) mass is 590 g/mol. The number of thiol groups is 1.